The van der Waals surface area contributed by atoms with Gasteiger partial charge in [-0.1, -0.05) is 35.9 Å². The number of carboxylic acid groups (broad SMARTS) is 1. The smallest absolute Gasteiger partial charge is 0.335 e. The predicted molar refractivity (Wildman–Crippen MR) is 81.2 cm³/mol. The second-order valence-corrected chi connectivity index (χ2v) is 5.34. The maximum Gasteiger partial charge on any atom is 0.335 e. The third-order valence-corrected chi connectivity index (χ3v) is 3.31. The molecular formula is C16H16ClNO2. The summed E-state index contributed by atoms with van der Waals surface area (Å²) in [6.07, 6.45) is 0. The zero-order chi connectivity index (χ0) is 14.7. The van der Waals surface area contributed by atoms with Gasteiger partial charge in [0.1, 0.15) is 0 Å². The summed E-state index contributed by atoms with van der Waals surface area (Å²) in [6, 6.07) is 12.7. The lowest BCUT2D eigenvalue weighted by atomic mass is 10.0. The standard InChI is InChI=1S/C16H16ClNO2/c1-18(2)10-11-3-5-12(6-4-11)14-9-13(16(19)20)7-8-15(14)17/h3-9H,10H2,1-2H3,(H,19,20). The van der Waals surface area contributed by atoms with Crippen molar-refractivity contribution in [2.75, 3.05) is 14.1 Å². The molecular weight excluding hydrogens is 274 g/mol. The van der Waals surface area contributed by atoms with Crippen LogP contribution in [0.4, 0.5) is 0 Å². The first kappa shape index (κ1) is 14.6. The number of hydrogen-bond acceptors (Lipinski definition) is 2. The van der Waals surface area contributed by atoms with Gasteiger partial charge in [-0.15, -0.1) is 0 Å². The monoisotopic (exact) mass is 289 g/mol. The number of carbonyl (C=O) groups is 1. The van der Waals surface area contributed by atoms with Crippen molar-refractivity contribution in [3.8, 4) is 11.1 Å². The van der Waals surface area contributed by atoms with Crippen LogP contribution in [0.1, 0.15) is 15.9 Å². The molecule has 0 bridgehead atoms. The van der Waals surface area contributed by atoms with Gasteiger partial charge in [0.2, 0.25) is 0 Å². The average molecular weight is 290 g/mol. The Balaban J connectivity index is 2.36. The van der Waals surface area contributed by atoms with Crippen LogP contribution in [0.5, 0.6) is 0 Å². The summed E-state index contributed by atoms with van der Waals surface area (Å²) in [5, 5.41) is 9.59. The van der Waals surface area contributed by atoms with E-state index in [4.69, 9.17) is 16.7 Å². The largest absolute Gasteiger partial charge is 0.478 e. The van der Waals surface area contributed by atoms with Crippen molar-refractivity contribution in [2.24, 2.45) is 0 Å². The molecule has 2 aromatic rings. The number of aromatic carboxylic acids is 1. The van der Waals surface area contributed by atoms with Gasteiger partial charge in [0, 0.05) is 17.1 Å². The molecule has 2 aromatic carbocycles. The van der Waals surface area contributed by atoms with Crippen molar-refractivity contribution >= 4 is 17.6 Å². The van der Waals surface area contributed by atoms with Crippen molar-refractivity contribution in [3.63, 3.8) is 0 Å². The van der Waals surface area contributed by atoms with Crippen LogP contribution in [0.25, 0.3) is 11.1 Å². The minimum absolute atomic E-state index is 0.238. The molecule has 0 aliphatic heterocycles. The number of carboxylic acids is 1. The highest BCUT2D eigenvalue weighted by atomic mass is 35.5. The average Bonchev–Trinajstić information content (AvgIpc) is 2.39. The fraction of sp³-hybridized carbons (Fsp3) is 0.188. The van der Waals surface area contributed by atoms with Gasteiger partial charge in [-0.25, -0.2) is 4.79 Å². The van der Waals surface area contributed by atoms with E-state index in [1.807, 2.05) is 38.4 Å². The molecule has 0 fully saturated rings. The zero-order valence-corrected chi connectivity index (χ0v) is 12.2. The van der Waals surface area contributed by atoms with Crippen molar-refractivity contribution < 1.29 is 9.90 Å². The highest BCUT2D eigenvalue weighted by Crippen LogP contribution is 2.29. The van der Waals surface area contributed by atoms with Crippen LogP contribution < -0.4 is 0 Å². The second-order valence-electron chi connectivity index (χ2n) is 4.93. The first-order valence-corrected chi connectivity index (χ1v) is 6.62. The molecule has 4 heteroatoms. The van der Waals surface area contributed by atoms with Gasteiger partial charge in [0.05, 0.1) is 5.56 Å². The van der Waals surface area contributed by atoms with Crippen LogP contribution in [-0.2, 0) is 6.54 Å². The van der Waals surface area contributed by atoms with Gasteiger partial charge in [-0.3, -0.25) is 0 Å². The molecule has 0 heterocycles. The summed E-state index contributed by atoms with van der Waals surface area (Å²) in [5.41, 5.74) is 3.09. The molecule has 0 amide bonds. The summed E-state index contributed by atoms with van der Waals surface area (Å²) in [5.74, 6) is -0.952. The Morgan fingerprint density at radius 2 is 1.80 bits per heavy atom. The molecule has 3 nitrogen and oxygen atoms in total. The molecule has 0 spiro atoms. The highest BCUT2D eigenvalue weighted by molar-refractivity contribution is 6.33. The lowest BCUT2D eigenvalue weighted by molar-refractivity contribution is 0.0697. The lowest BCUT2D eigenvalue weighted by Crippen LogP contribution is -2.10. The highest BCUT2D eigenvalue weighted by Gasteiger charge is 2.09. The Labute approximate surface area is 123 Å². The van der Waals surface area contributed by atoms with E-state index in [9.17, 15) is 4.79 Å². The van der Waals surface area contributed by atoms with E-state index in [1.54, 1.807) is 12.1 Å². The van der Waals surface area contributed by atoms with E-state index in [-0.39, 0.29) is 5.56 Å². The molecule has 0 radical (unpaired) electrons. The van der Waals surface area contributed by atoms with Crippen LogP contribution in [-0.4, -0.2) is 30.1 Å². The Bertz CT molecular complexity index is 621. The topological polar surface area (TPSA) is 40.5 Å². The van der Waals surface area contributed by atoms with Crippen LogP contribution in [0.15, 0.2) is 42.5 Å². The first-order valence-electron chi connectivity index (χ1n) is 6.24. The maximum atomic E-state index is 11.0. The number of nitrogens with zero attached hydrogens (tertiary/aromatic N) is 1. The third kappa shape index (κ3) is 3.38. The summed E-state index contributed by atoms with van der Waals surface area (Å²) >= 11 is 6.16. The van der Waals surface area contributed by atoms with Crippen molar-refractivity contribution in [2.45, 2.75) is 6.54 Å². The number of hydrogen-bond donors (Lipinski definition) is 1. The Hall–Kier alpha value is -1.84. The quantitative estimate of drug-likeness (QED) is 0.931. The molecule has 0 atom stereocenters. The number of benzene rings is 2. The first-order chi connectivity index (χ1) is 9.47. The molecule has 1 N–H and O–H groups in total. The molecule has 0 aliphatic rings. The molecule has 2 rings (SSSR count). The van der Waals surface area contributed by atoms with Crippen LogP contribution >= 0.6 is 11.6 Å². The van der Waals surface area contributed by atoms with E-state index >= 15 is 0 Å². The van der Waals surface area contributed by atoms with Gasteiger partial charge in [-0.05, 0) is 43.4 Å². The van der Waals surface area contributed by atoms with Crippen LogP contribution in [0.3, 0.4) is 0 Å². The molecule has 104 valence electrons. The maximum absolute atomic E-state index is 11.0. The molecule has 0 aromatic heterocycles. The lowest BCUT2D eigenvalue weighted by Gasteiger charge is -2.11. The zero-order valence-electron chi connectivity index (χ0n) is 11.4. The molecule has 0 saturated carbocycles. The van der Waals surface area contributed by atoms with E-state index in [0.29, 0.717) is 5.02 Å². The normalized spacial score (nSPS) is 10.8. The summed E-state index contributed by atoms with van der Waals surface area (Å²) < 4.78 is 0. The fourth-order valence-corrected chi connectivity index (χ4v) is 2.26. The molecule has 0 unspecified atom stereocenters. The Morgan fingerprint density at radius 1 is 1.15 bits per heavy atom. The molecule has 20 heavy (non-hydrogen) atoms. The SMILES string of the molecule is CN(C)Cc1ccc(-c2cc(C(=O)O)ccc2Cl)cc1. The summed E-state index contributed by atoms with van der Waals surface area (Å²) in [6.45, 7) is 0.864. The summed E-state index contributed by atoms with van der Waals surface area (Å²) in [7, 11) is 4.03. The third-order valence-electron chi connectivity index (χ3n) is 2.98. The summed E-state index contributed by atoms with van der Waals surface area (Å²) in [4.78, 5) is 13.1. The Kier molecular flexibility index (Phi) is 4.42. The van der Waals surface area contributed by atoms with Gasteiger partial charge in [0.25, 0.3) is 0 Å². The van der Waals surface area contributed by atoms with Crippen LogP contribution in [0, 0.1) is 0 Å². The van der Waals surface area contributed by atoms with Gasteiger partial charge < -0.3 is 10.0 Å². The minimum atomic E-state index is -0.952. The van der Waals surface area contributed by atoms with E-state index in [2.05, 4.69) is 4.90 Å². The Morgan fingerprint density at radius 3 is 2.35 bits per heavy atom. The fourth-order valence-electron chi connectivity index (χ4n) is 2.03. The van der Waals surface area contributed by atoms with Crippen molar-refractivity contribution in [3.05, 3.63) is 58.6 Å². The predicted octanol–water partition coefficient (Wildman–Crippen LogP) is 3.77. The van der Waals surface area contributed by atoms with Gasteiger partial charge >= 0.3 is 5.97 Å². The second kappa shape index (κ2) is 6.07. The van der Waals surface area contributed by atoms with Crippen LogP contribution in [0.2, 0.25) is 5.02 Å². The van der Waals surface area contributed by atoms with Crippen molar-refractivity contribution in [1.82, 2.24) is 4.90 Å². The van der Waals surface area contributed by atoms with E-state index < -0.39 is 5.97 Å². The molecule has 0 aliphatic carbocycles. The number of rotatable bonds is 4. The molecule has 0 saturated heterocycles. The number of halogens is 1. The van der Waals surface area contributed by atoms with Crippen molar-refractivity contribution in [1.29, 1.82) is 0 Å². The van der Waals surface area contributed by atoms with Gasteiger partial charge in [0.15, 0.2) is 0 Å². The van der Waals surface area contributed by atoms with Gasteiger partial charge in [-0.2, -0.15) is 0 Å². The minimum Gasteiger partial charge on any atom is -0.478 e. The van der Waals surface area contributed by atoms with E-state index in [1.165, 1.54) is 11.6 Å². The van der Waals surface area contributed by atoms with E-state index in [0.717, 1.165) is 17.7 Å².